The Morgan fingerprint density at radius 2 is 1.56 bits per heavy atom. The first-order valence-corrected chi connectivity index (χ1v) is 8.56. The highest BCUT2D eigenvalue weighted by Crippen LogP contribution is 2.21. The molecular weight excluding hydrogens is 310 g/mol. The van der Waals surface area contributed by atoms with Crippen molar-refractivity contribution in [2.24, 2.45) is 5.73 Å². The van der Waals surface area contributed by atoms with Crippen molar-refractivity contribution in [3.63, 3.8) is 0 Å². The summed E-state index contributed by atoms with van der Waals surface area (Å²) in [6.45, 7) is 5.56. The number of ether oxygens (including phenoxy) is 1. The van der Waals surface area contributed by atoms with Crippen molar-refractivity contribution in [2.45, 2.75) is 44.8 Å². The molecule has 0 saturated heterocycles. The molecule has 3 heteroatoms. The van der Waals surface area contributed by atoms with Gasteiger partial charge in [-0.25, -0.2) is 0 Å². The van der Waals surface area contributed by atoms with E-state index >= 15 is 0 Å². The zero-order chi connectivity index (χ0) is 18.3. The molecule has 0 aromatic heterocycles. The Morgan fingerprint density at radius 1 is 1.00 bits per heavy atom. The Hall–Kier alpha value is -2.39. The van der Waals surface area contributed by atoms with Crippen LogP contribution in [0, 0.1) is 0 Å². The Balaban J connectivity index is 2.18. The van der Waals surface area contributed by atoms with Gasteiger partial charge in [0.2, 0.25) is 0 Å². The van der Waals surface area contributed by atoms with E-state index in [0.29, 0.717) is 12.8 Å². The molecule has 25 heavy (non-hydrogen) atoms. The first-order valence-electron chi connectivity index (χ1n) is 8.56. The van der Waals surface area contributed by atoms with Gasteiger partial charge in [-0.1, -0.05) is 72.8 Å². The molecule has 0 unspecified atom stereocenters. The van der Waals surface area contributed by atoms with Gasteiger partial charge in [0.1, 0.15) is 11.1 Å². The van der Waals surface area contributed by atoms with Crippen LogP contribution in [0.4, 0.5) is 0 Å². The number of carbonyl (C=O) groups is 1. The second-order valence-corrected chi connectivity index (χ2v) is 7.34. The van der Waals surface area contributed by atoms with E-state index in [-0.39, 0.29) is 5.97 Å². The molecule has 0 fully saturated rings. The standard InChI is InChI=1S/C22H27NO2/c1-21(2,3)25-20(24)22(23,17-19-13-8-5-9-14-19)16-10-15-18-11-6-4-7-12-18/h4-15H,16-17,23H2,1-3H3/b15-10+/t22-/m1/s1. The van der Waals surface area contributed by atoms with Crippen LogP contribution in [0.1, 0.15) is 38.3 Å². The first kappa shape index (κ1) is 18.9. The van der Waals surface area contributed by atoms with Gasteiger partial charge in [0.05, 0.1) is 0 Å². The van der Waals surface area contributed by atoms with Gasteiger partial charge in [-0.2, -0.15) is 0 Å². The fourth-order valence-corrected chi connectivity index (χ4v) is 2.54. The zero-order valence-corrected chi connectivity index (χ0v) is 15.2. The van der Waals surface area contributed by atoms with Crippen LogP contribution in [-0.4, -0.2) is 17.1 Å². The summed E-state index contributed by atoms with van der Waals surface area (Å²) in [6, 6.07) is 19.8. The molecule has 2 aromatic carbocycles. The van der Waals surface area contributed by atoms with Gasteiger partial charge in [-0.3, -0.25) is 4.79 Å². The van der Waals surface area contributed by atoms with Crippen LogP contribution in [0.3, 0.4) is 0 Å². The van der Waals surface area contributed by atoms with Crippen molar-refractivity contribution in [3.8, 4) is 0 Å². The minimum absolute atomic E-state index is 0.374. The van der Waals surface area contributed by atoms with Crippen molar-refractivity contribution in [1.29, 1.82) is 0 Å². The van der Waals surface area contributed by atoms with Crippen molar-refractivity contribution in [2.75, 3.05) is 0 Å². The van der Waals surface area contributed by atoms with Crippen LogP contribution >= 0.6 is 0 Å². The smallest absolute Gasteiger partial charge is 0.327 e. The molecule has 2 aromatic rings. The molecule has 2 N–H and O–H groups in total. The maximum Gasteiger partial charge on any atom is 0.327 e. The van der Waals surface area contributed by atoms with E-state index in [9.17, 15) is 4.79 Å². The van der Waals surface area contributed by atoms with Gasteiger partial charge in [0.15, 0.2) is 0 Å². The fourth-order valence-electron chi connectivity index (χ4n) is 2.54. The number of benzene rings is 2. The van der Waals surface area contributed by atoms with E-state index < -0.39 is 11.1 Å². The van der Waals surface area contributed by atoms with Crippen molar-refractivity contribution in [1.82, 2.24) is 0 Å². The molecule has 0 radical (unpaired) electrons. The predicted octanol–water partition coefficient (Wildman–Crippen LogP) is 4.37. The third-order valence-electron chi connectivity index (χ3n) is 3.76. The fraction of sp³-hybridized carbons (Fsp3) is 0.318. The summed E-state index contributed by atoms with van der Waals surface area (Å²) in [7, 11) is 0. The topological polar surface area (TPSA) is 52.3 Å². The SMILES string of the molecule is CC(C)(C)OC(=O)[C@@](N)(C/C=C/c1ccccc1)Cc1ccccc1. The maximum atomic E-state index is 12.7. The summed E-state index contributed by atoms with van der Waals surface area (Å²) in [5.74, 6) is -0.374. The lowest BCUT2D eigenvalue weighted by Crippen LogP contribution is -2.52. The number of nitrogens with two attached hydrogens (primary N) is 1. The Labute approximate surface area is 150 Å². The minimum Gasteiger partial charge on any atom is -0.459 e. The molecule has 0 aliphatic heterocycles. The number of esters is 1. The molecule has 0 aliphatic carbocycles. The van der Waals surface area contributed by atoms with Gasteiger partial charge in [0.25, 0.3) is 0 Å². The Morgan fingerprint density at radius 3 is 2.12 bits per heavy atom. The van der Waals surface area contributed by atoms with Crippen molar-refractivity contribution < 1.29 is 9.53 Å². The summed E-state index contributed by atoms with van der Waals surface area (Å²) >= 11 is 0. The molecule has 0 bridgehead atoms. The summed E-state index contributed by atoms with van der Waals surface area (Å²) in [5, 5.41) is 0. The third-order valence-corrected chi connectivity index (χ3v) is 3.76. The minimum atomic E-state index is -1.10. The second-order valence-electron chi connectivity index (χ2n) is 7.34. The molecule has 3 nitrogen and oxygen atoms in total. The highest BCUT2D eigenvalue weighted by molar-refractivity contribution is 5.82. The third kappa shape index (κ3) is 6.20. The molecular formula is C22H27NO2. The maximum absolute atomic E-state index is 12.7. The number of carbonyl (C=O) groups excluding carboxylic acids is 1. The van der Waals surface area contributed by atoms with E-state index in [1.807, 2.05) is 93.6 Å². The monoisotopic (exact) mass is 337 g/mol. The molecule has 132 valence electrons. The van der Waals surface area contributed by atoms with E-state index in [1.54, 1.807) is 0 Å². The van der Waals surface area contributed by atoms with Gasteiger partial charge in [0, 0.05) is 6.42 Å². The van der Waals surface area contributed by atoms with Crippen LogP contribution in [0.25, 0.3) is 6.08 Å². The van der Waals surface area contributed by atoms with Crippen LogP contribution in [-0.2, 0) is 16.0 Å². The van der Waals surface area contributed by atoms with Gasteiger partial charge >= 0.3 is 5.97 Å². The lowest BCUT2D eigenvalue weighted by molar-refractivity contribution is -0.161. The molecule has 2 rings (SSSR count). The van der Waals surface area contributed by atoms with Crippen LogP contribution < -0.4 is 5.73 Å². The van der Waals surface area contributed by atoms with Crippen molar-refractivity contribution >= 4 is 12.0 Å². The summed E-state index contributed by atoms with van der Waals surface area (Å²) < 4.78 is 5.58. The van der Waals surface area contributed by atoms with Gasteiger partial charge in [-0.15, -0.1) is 0 Å². The largest absolute Gasteiger partial charge is 0.459 e. The lowest BCUT2D eigenvalue weighted by atomic mass is 9.88. The quantitative estimate of drug-likeness (QED) is 0.796. The lowest BCUT2D eigenvalue weighted by Gasteiger charge is -2.30. The van der Waals surface area contributed by atoms with E-state index in [2.05, 4.69) is 0 Å². The van der Waals surface area contributed by atoms with E-state index in [4.69, 9.17) is 10.5 Å². The molecule has 0 aliphatic rings. The highest BCUT2D eigenvalue weighted by Gasteiger charge is 2.37. The normalized spacial score (nSPS) is 14.2. The first-order chi connectivity index (χ1) is 11.8. The van der Waals surface area contributed by atoms with Crippen LogP contribution in [0.15, 0.2) is 66.7 Å². The molecule has 0 heterocycles. The molecule has 0 spiro atoms. The molecule has 1 atom stereocenters. The number of hydrogen-bond acceptors (Lipinski definition) is 3. The van der Waals surface area contributed by atoms with E-state index in [1.165, 1.54) is 0 Å². The molecule has 0 amide bonds. The van der Waals surface area contributed by atoms with Gasteiger partial charge in [-0.05, 0) is 38.3 Å². The zero-order valence-electron chi connectivity index (χ0n) is 15.2. The Kier molecular flexibility index (Phi) is 6.16. The van der Waals surface area contributed by atoms with Crippen molar-refractivity contribution in [3.05, 3.63) is 77.9 Å². The average molecular weight is 337 g/mol. The van der Waals surface area contributed by atoms with Gasteiger partial charge < -0.3 is 10.5 Å². The molecule has 0 saturated carbocycles. The predicted molar refractivity (Wildman–Crippen MR) is 103 cm³/mol. The second kappa shape index (κ2) is 8.13. The van der Waals surface area contributed by atoms with Crippen LogP contribution in [0.2, 0.25) is 0 Å². The summed E-state index contributed by atoms with van der Waals surface area (Å²) in [5.41, 5.74) is 6.95. The number of rotatable bonds is 6. The van der Waals surface area contributed by atoms with Crippen LogP contribution in [0.5, 0.6) is 0 Å². The average Bonchev–Trinajstić information content (AvgIpc) is 2.55. The summed E-state index contributed by atoms with van der Waals surface area (Å²) in [6.07, 6.45) is 4.77. The Bertz CT molecular complexity index is 702. The highest BCUT2D eigenvalue weighted by atomic mass is 16.6. The van der Waals surface area contributed by atoms with E-state index in [0.717, 1.165) is 11.1 Å². The number of hydrogen-bond donors (Lipinski definition) is 1. The summed E-state index contributed by atoms with van der Waals surface area (Å²) in [4.78, 5) is 12.7.